The minimum Gasteiger partial charge on any atom is -0.489 e. The van der Waals surface area contributed by atoms with E-state index < -0.39 is 17.9 Å². The predicted octanol–water partition coefficient (Wildman–Crippen LogP) is 5.96. The molecule has 0 aliphatic carbocycles. The highest BCUT2D eigenvalue weighted by Crippen LogP contribution is 2.28. The first-order valence-electron chi connectivity index (χ1n) is 10.4. The van der Waals surface area contributed by atoms with Crippen molar-refractivity contribution in [3.8, 4) is 17.2 Å². The Morgan fingerprint density at radius 2 is 1.69 bits per heavy atom. The van der Waals surface area contributed by atoms with Crippen molar-refractivity contribution in [2.75, 3.05) is 29.2 Å². The van der Waals surface area contributed by atoms with Gasteiger partial charge in [0, 0.05) is 35.8 Å². The number of halogens is 1. The molecule has 10 heteroatoms. The van der Waals surface area contributed by atoms with Crippen LogP contribution in [0.1, 0.15) is 0 Å². The molecule has 0 bridgehead atoms. The molecule has 0 aliphatic rings. The fraction of sp³-hybridized carbons (Fsp3) is 0.0800. The monoisotopic (exact) mass is 478 g/mol. The first kappa shape index (κ1) is 24.8. The number of hydrogen-bond donors (Lipinski definition) is 3. The molecule has 2 aromatic carbocycles. The third kappa shape index (κ3) is 7.90. The zero-order chi connectivity index (χ0) is 25.0. The maximum Gasteiger partial charge on any atom is 0.413 e. The van der Waals surface area contributed by atoms with Crippen molar-refractivity contribution in [3.05, 3.63) is 91.9 Å². The van der Waals surface area contributed by atoms with Gasteiger partial charge in [-0.25, -0.2) is 19.0 Å². The molecule has 1 aromatic heterocycles. The molecule has 0 unspecified atom stereocenters. The summed E-state index contributed by atoms with van der Waals surface area (Å²) in [6.07, 6.45) is 3.70. The fourth-order valence-corrected chi connectivity index (χ4v) is 2.72. The molecule has 3 aromatic rings. The Morgan fingerprint density at radius 1 is 0.914 bits per heavy atom. The third-order valence-electron chi connectivity index (χ3n) is 4.17. The summed E-state index contributed by atoms with van der Waals surface area (Å²) in [5.41, 5.74) is 0.716. The summed E-state index contributed by atoms with van der Waals surface area (Å²) >= 11 is 0. The Bertz CT molecular complexity index is 1220. The van der Waals surface area contributed by atoms with E-state index in [1.165, 1.54) is 36.5 Å². The highest BCUT2D eigenvalue weighted by molar-refractivity contribution is 5.99. The number of pyridine rings is 1. The molecule has 0 radical (unpaired) electrons. The van der Waals surface area contributed by atoms with E-state index in [1.54, 1.807) is 30.3 Å². The van der Waals surface area contributed by atoms with E-state index in [0.717, 1.165) is 6.07 Å². The number of anilines is 3. The number of amides is 3. The summed E-state index contributed by atoms with van der Waals surface area (Å²) in [6.45, 7) is 7.41. The third-order valence-corrected chi connectivity index (χ3v) is 4.17. The van der Waals surface area contributed by atoms with Crippen LogP contribution in [0, 0.1) is 5.82 Å². The van der Waals surface area contributed by atoms with Gasteiger partial charge in [-0.05, 0) is 30.3 Å². The average molecular weight is 478 g/mol. The number of aromatic nitrogens is 1. The lowest BCUT2D eigenvalue weighted by Gasteiger charge is -2.11. The van der Waals surface area contributed by atoms with Gasteiger partial charge in [0.2, 0.25) is 0 Å². The lowest BCUT2D eigenvalue weighted by atomic mass is 10.3. The normalized spacial score (nSPS) is 9.97. The summed E-state index contributed by atoms with van der Waals surface area (Å²) in [5, 5.41) is 7.62. The van der Waals surface area contributed by atoms with Gasteiger partial charge < -0.3 is 24.8 Å². The van der Waals surface area contributed by atoms with Crippen molar-refractivity contribution in [2.24, 2.45) is 0 Å². The topological polar surface area (TPSA) is 111 Å². The molecule has 0 atom stereocenters. The van der Waals surface area contributed by atoms with Gasteiger partial charge >= 0.3 is 12.1 Å². The van der Waals surface area contributed by atoms with Gasteiger partial charge in [0.15, 0.2) is 11.6 Å². The molecule has 180 valence electrons. The van der Waals surface area contributed by atoms with Gasteiger partial charge in [0.25, 0.3) is 0 Å². The zero-order valence-corrected chi connectivity index (χ0v) is 18.6. The Hall–Kier alpha value is -4.86. The lowest BCUT2D eigenvalue weighted by molar-refractivity contribution is 0.174. The van der Waals surface area contributed by atoms with Crippen LogP contribution in [0.15, 0.2) is 86.1 Å². The van der Waals surface area contributed by atoms with Crippen molar-refractivity contribution in [3.63, 3.8) is 0 Å². The molecule has 35 heavy (non-hydrogen) atoms. The van der Waals surface area contributed by atoms with Gasteiger partial charge in [0.1, 0.15) is 30.5 Å². The summed E-state index contributed by atoms with van der Waals surface area (Å²) in [5.74, 6) is 0.160. The number of carbonyl (C=O) groups excluding carboxylic acids is 2. The highest BCUT2D eigenvalue weighted by Gasteiger charge is 2.11. The molecule has 0 fully saturated rings. The smallest absolute Gasteiger partial charge is 0.413 e. The maximum absolute atomic E-state index is 14.6. The summed E-state index contributed by atoms with van der Waals surface area (Å²) in [7, 11) is 0. The largest absolute Gasteiger partial charge is 0.489 e. The number of hydrogen-bond acceptors (Lipinski definition) is 6. The van der Waals surface area contributed by atoms with E-state index in [1.807, 2.05) is 0 Å². The van der Waals surface area contributed by atoms with Crippen LogP contribution < -0.4 is 25.4 Å². The molecular weight excluding hydrogens is 455 g/mol. The quantitative estimate of drug-likeness (QED) is 0.310. The Labute approximate surface area is 201 Å². The highest BCUT2D eigenvalue weighted by atomic mass is 19.1. The van der Waals surface area contributed by atoms with Crippen LogP contribution in [0.25, 0.3) is 0 Å². The standard InChI is InChI=1S/C25H23FN4O5/c1-3-12-33-19-7-5-6-17(14-19)28-24(31)29-18-8-9-22(21(26)15-18)35-20-10-11-27-23(16-20)30-25(32)34-13-4-2/h3-11,14-16H,1-2,12-13H2,(H,27,30,32)(H2,28,29,31). The van der Waals surface area contributed by atoms with Gasteiger partial charge in [-0.3, -0.25) is 5.32 Å². The van der Waals surface area contributed by atoms with E-state index in [0.29, 0.717) is 18.0 Å². The molecule has 3 rings (SSSR count). The SMILES string of the molecule is C=CCOC(=O)Nc1cc(Oc2ccc(NC(=O)Nc3cccc(OCC=C)c3)cc2F)ccn1. The van der Waals surface area contributed by atoms with E-state index in [4.69, 9.17) is 14.2 Å². The molecule has 0 saturated heterocycles. The summed E-state index contributed by atoms with van der Waals surface area (Å²) < 4.78 is 30.4. The number of carbonyl (C=O) groups is 2. The minimum atomic E-state index is -0.717. The van der Waals surface area contributed by atoms with Crippen LogP contribution in [0.2, 0.25) is 0 Å². The average Bonchev–Trinajstić information content (AvgIpc) is 2.83. The van der Waals surface area contributed by atoms with Crippen molar-refractivity contribution in [1.29, 1.82) is 0 Å². The van der Waals surface area contributed by atoms with Gasteiger partial charge in [-0.15, -0.1) is 0 Å². The second kappa shape index (κ2) is 12.4. The molecule has 3 amide bonds. The molecule has 0 saturated carbocycles. The second-order valence-corrected chi connectivity index (χ2v) is 6.84. The number of benzene rings is 2. The van der Waals surface area contributed by atoms with Crippen LogP contribution in [-0.2, 0) is 4.74 Å². The first-order valence-corrected chi connectivity index (χ1v) is 10.4. The van der Waals surface area contributed by atoms with E-state index in [2.05, 4.69) is 34.1 Å². The van der Waals surface area contributed by atoms with Crippen LogP contribution in [0.5, 0.6) is 17.2 Å². The van der Waals surface area contributed by atoms with Crippen LogP contribution >= 0.6 is 0 Å². The molecule has 0 spiro atoms. The molecule has 1 heterocycles. The van der Waals surface area contributed by atoms with Crippen molar-refractivity contribution >= 4 is 29.3 Å². The van der Waals surface area contributed by atoms with E-state index in [-0.39, 0.29) is 29.6 Å². The second-order valence-electron chi connectivity index (χ2n) is 6.84. The Morgan fingerprint density at radius 3 is 2.43 bits per heavy atom. The number of nitrogens with zero attached hydrogens (tertiary/aromatic N) is 1. The van der Waals surface area contributed by atoms with Gasteiger partial charge in [-0.1, -0.05) is 31.4 Å². The molecule has 0 aliphatic heterocycles. The zero-order valence-electron chi connectivity index (χ0n) is 18.6. The van der Waals surface area contributed by atoms with Crippen LogP contribution in [0.3, 0.4) is 0 Å². The first-order chi connectivity index (χ1) is 17.0. The number of ether oxygens (including phenoxy) is 3. The lowest BCUT2D eigenvalue weighted by Crippen LogP contribution is -2.19. The fourth-order valence-electron chi connectivity index (χ4n) is 2.72. The Kier molecular flexibility index (Phi) is 8.78. The van der Waals surface area contributed by atoms with Crippen molar-refractivity contribution in [2.45, 2.75) is 0 Å². The van der Waals surface area contributed by atoms with E-state index >= 15 is 0 Å². The number of nitrogens with one attached hydrogen (secondary N) is 3. The van der Waals surface area contributed by atoms with Crippen molar-refractivity contribution in [1.82, 2.24) is 4.98 Å². The summed E-state index contributed by atoms with van der Waals surface area (Å²) in [6, 6.07) is 13.1. The van der Waals surface area contributed by atoms with Gasteiger partial charge in [-0.2, -0.15) is 0 Å². The maximum atomic E-state index is 14.6. The Balaban J connectivity index is 1.59. The predicted molar refractivity (Wildman–Crippen MR) is 131 cm³/mol. The molecule has 9 nitrogen and oxygen atoms in total. The van der Waals surface area contributed by atoms with Crippen LogP contribution in [-0.4, -0.2) is 30.3 Å². The minimum absolute atomic E-state index is 0.0438. The van der Waals surface area contributed by atoms with Crippen LogP contribution in [0.4, 0.5) is 31.2 Å². The van der Waals surface area contributed by atoms with Gasteiger partial charge in [0.05, 0.1) is 0 Å². The van der Waals surface area contributed by atoms with Crippen molar-refractivity contribution < 1.29 is 28.2 Å². The molecular formula is C25H23FN4O5. The number of rotatable bonds is 10. The molecule has 3 N–H and O–H groups in total. The number of urea groups is 1. The van der Waals surface area contributed by atoms with E-state index in [9.17, 15) is 14.0 Å². The summed E-state index contributed by atoms with van der Waals surface area (Å²) in [4.78, 5) is 27.9.